The number of aromatic nitrogens is 4. The highest BCUT2D eigenvalue weighted by atomic mass is 16.2. The molecule has 6 heteroatoms. The summed E-state index contributed by atoms with van der Waals surface area (Å²) in [4.78, 5) is 19.0. The molecular formula is C18H25N5O. The molecule has 0 aromatic carbocycles. The van der Waals surface area contributed by atoms with E-state index in [1.165, 1.54) is 0 Å². The number of piperidine rings is 1. The molecule has 0 bridgehead atoms. The fourth-order valence-electron chi connectivity index (χ4n) is 4.25. The van der Waals surface area contributed by atoms with Crippen molar-refractivity contribution in [3.05, 3.63) is 37.2 Å². The van der Waals surface area contributed by atoms with E-state index in [2.05, 4.69) is 44.1 Å². The van der Waals surface area contributed by atoms with E-state index in [1.54, 1.807) is 12.7 Å². The summed E-state index contributed by atoms with van der Waals surface area (Å²) in [5.41, 5.74) is 0. The second kappa shape index (κ2) is 6.79. The molecule has 1 saturated heterocycles. The third-order valence-corrected chi connectivity index (χ3v) is 5.61. The number of carbonyl (C=O) groups is 1. The Hall–Kier alpha value is -2.11. The molecule has 1 saturated carbocycles. The summed E-state index contributed by atoms with van der Waals surface area (Å²) in [6, 6.07) is 5.00. The first-order valence-corrected chi connectivity index (χ1v) is 9.06. The molecule has 128 valence electrons. The van der Waals surface area contributed by atoms with E-state index in [1.807, 2.05) is 4.68 Å². The molecule has 0 unspecified atom stereocenters. The normalized spacial score (nSPS) is 28.0. The van der Waals surface area contributed by atoms with E-state index >= 15 is 0 Å². The summed E-state index contributed by atoms with van der Waals surface area (Å²) < 4.78 is 4.20. The van der Waals surface area contributed by atoms with Crippen LogP contribution < -0.4 is 0 Å². The van der Waals surface area contributed by atoms with Crippen molar-refractivity contribution in [1.29, 1.82) is 0 Å². The number of rotatable bonds is 3. The van der Waals surface area contributed by atoms with Crippen molar-refractivity contribution in [2.45, 2.75) is 50.6 Å². The van der Waals surface area contributed by atoms with Crippen LogP contribution in [0.15, 0.2) is 37.2 Å². The fraction of sp³-hybridized carbons (Fsp3) is 0.611. The molecule has 1 atom stereocenters. The highest BCUT2D eigenvalue weighted by molar-refractivity contribution is 5.79. The Kier molecular flexibility index (Phi) is 4.36. The third-order valence-electron chi connectivity index (χ3n) is 5.61. The van der Waals surface area contributed by atoms with Gasteiger partial charge in [0, 0.05) is 37.4 Å². The predicted octanol–water partition coefficient (Wildman–Crippen LogP) is 2.67. The van der Waals surface area contributed by atoms with Gasteiger partial charge in [-0.05, 0) is 50.7 Å². The maximum absolute atomic E-state index is 12.9. The maximum Gasteiger partial charge on any atom is 0.225 e. The lowest BCUT2D eigenvalue weighted by Gasteiger charge is -2.37. The van der Waals surface area contributed by atoms with E-state index in [-0.39, 0.29) is 12.0 Å². The zero-order valence-electron chi connectivity index (χ0n) is 14.0. The number of hydrogen-bond acceptors (Lipinski definition) is 3. The molecule has 3 heterocycles. The molecule has 2 aromatic rings. The van der Waals surface area contributed by atoms with Gasteiger partial charge in [-0.2, -0.15) is 5.10 Å². The first kappa shape index (κ1) is 15.4. The second-order valence-corrected chi connectivity index (χ2v) is 7.09. The van der Waals surface area contributed by atoms with Crippen LogP contribution in [-0.2, 0) is 4.79 Å². The van der Waals surface area contributed by atoms with Gasteiger partial charge in [-0.25, -0.2) is 9.67 Å². The SMILES string of the molecule is O=C(C1CCC(n2cccc2)CC1)N1CCC[C@@H](n2cncn2)C1. The largest absolute Gasteiger partial charge is 0.351 e. The predicted molar refractivity (Wildman–Crippen MR) is 90.3 cm³/mol. The van der Waals surface area contributed by atoms with Gasteiger partial charge in [0.05, 0.1) is 6.04 Å². The monoisotopic (exact) mass is 327 g/mol. The quantitative estimate of drug-likeness (QED) is 0.871. The number of nitrogens with zero attached hydrogens (tertiary/aromatic N) is 5. The molecule has 1 amide bonds. The lowest BCUT2D eigenvalue weighted by molar-refractivity contribution is -0.138. The molecule has 4 rings (SSSR count). The van der Waals surface area contributed by atoms with Crippen molar-refractivity contribution < 1.29 is 4.79 Å². The van der Waals surface area contributed by atoms with Gasteiger partial charge >= 0.3 is 0 Å². The molecule has 6 nitrogen and oxygen atoms in total. The standard InChI is InChI=1S/C18H25N5O/c24-18(15-5-7-16(8-6-15)21-9-1-2-10-21)22-11-3-4-17(12-22)23-14-19-13-20-23/h1-2,9-10,13-17H,3-8,11-12H2/t15?,16?,17-/m1/s1. The first-order valence-electron chi connectivity index (χ1n) is 9.06. The van der Waals surface area contributed by atoms with E-state index in [4.69, 9.17) is 0 Å². The number of amides is 1. The Morgan fingerprint density at radius 3 is 2.50 bits per heavy atom. The summed E-state index contributed by atoms with van der Waals surface area (Å²) in [6.45, 7) is 1.67. The van der Waals surface area contributed by atoms with E-state index in [0.29, 0.717) is 11.9 Å². The topological polar surface area (TPSA) is 56.0 Å². The van der Waals surface area contributed by atoms with Gasteiger partial charge in [-0.1, -0.05) is 0 Å². The summed E-state index contributed by atoms with van der Waals surface area (Å²) in [7, 11) is 0. The van der Waals surface area contributed by atoms with Crippen LogP contribution in [0.2, 0.25) is 0 Å². The lowest BCUT2D eigenvalue weighted by atomic mass is 9.84. The van der Waals surface area contributed by atoms with E-state index in [0.717, 1.165) is 51.6 Å². The van der Waals surface area contributed by atoms with Gasteiger partial charge in [-0.3, -0.25) is 4.79 Å². The molecule has 0 radical (unpaired) electrons. The zero-order valence-corrected chi connectivity index (χ0v) is 14.0. The van der Waals surface area contributed by atoms with Gasteiger partial charge in [0.2, 0.25) is 5.91 Å². The highest BCUT2D eigenvalue weighted by Gasteiger charge is 2.32. The van der Waals surface area contributed by atoms with E-state index in [9.17, 15) is 4.79 Å². The molecule has 0 spiro atoms. The molecule has 1 aliphatic carbocycles. The Morgan fingerprint density at radius 2 is 1.79 bits per heavy atom. The maximum atomic E-state index is 12.9. The Balaban J connectivity index is 1.34. The molecule has 0 N–H and O–H groups in total. The van der Waals surface area contributed by atoms with Gasteiger partial charge in [0.25, 0.3) is 0 Å². The van der Waals surface area contributed by atoms with E-state index < -0.39 is 0 Å². The van der Waals surface area contributed by atoms with Crippen LogP contribution in [0.25, 0.3) is 0 Å². The minimum Gasteiger partial charge on any atom is -0.351 e. The van der Waals surface area contributed by atoms with Crippen LogP contribution in [-0.4, -0.2) is 43.2 Å². The third kappa shape index (κ3) is 3.09. The molecule has 2 fully saturated rings. The van der Waals surface area contributed by atoms with Crippen molar-refractivity contribution in [1.82, 2.24) is 24.2 Å². The van der Waals surface area contributed by atoms with Crippen LogP contribution in [0.4, 0.5) is 0 Å². The van der Waals surface area contributed by atoms with Crippen molar-refractivity contribution in [2.24, 2.45) is 5.92 Å². The molecule has 2 aliphatic rings. The average molecular weight is 327 g/mol. The lowest BCUT2D eigenvalue weighted by Crippen LogP contribution is -2.44. The van der Waals surface area contributed by atoms with Gasteiger partial charge < -0.3 is 9.47 Å². The zero-order chi connectivity index (χ0) is 16.4. The van der Waals surface area contributed by atoms with Gasteiger partial charge in [0.1, 0.15) is 12.7 Å². The van der Waals surface area contributed by atoms with Crippen LogP contribution >= 0.6 is 0 Å². The molecule has 1 aliphatic heterocycles. The Labute approximate surface area is 142 Å². The molecular weight excluding hydrogens is 302 g/mol. The van der Waals surface area contributed by atoms with Gasteiger partial charge in [0.15, 0.2) is 0 Å². The van der Waals surface area contributed by atoms with Crippen LogP contribution in [0.1, 0.15) is 50.6 Å². The van der Waals surface area contributed by atoms with Gasteiger partial charge in [-0.15, -0.1) is 0 Å². The Bertz CT molecular complexity index is 643. The van der Waals surface area contributed by atoms with Crippen LogP contribution in [0.3, 0.4) is 0 Å². The summed E-state index contributed by atoms with van der Waals surface area (Å²) in [6.07, 6.45) is 14.0. The van der Waals surface area contributed by atoms with Crippen LogP contribution in [0, 0.1) is 5.92 Å². The minimum atomic E-state index is 0.200. The minimum absolute atomic E-state index is 0.200. The van der Waals surface area contributed by atoms with Crippen molar-refractivity contribution in [3.8, 4) is 0 Å². The van der Waals surface area contributed by atoms with Crippen molar-refractivity contribution >= 4 is 5.91 Å². The van der Waals surface area contributed by atoms with Crippen LogP contribution in [0.5, 0.6) is 0 Å². The first-order chi connectivity index (χ1) is 11.8. The second-order valence-electron chi connectivity index (χ2n) is 7.09. The number of hydrogen-bond donors (Lipinski definition) is 0. The number of carbonyl (C=O) groups excluding carboxylic acids is 1. The average Bonchev–Trinajstić information content (AvgIpc) is 3.35. The molecule has 2 aromatic heterocycles. The van der Waals surface area contributed by atoms with Crippen molar-refractivity contribution in [2.75, 3.05) is 13.1 Å². The summed E-state index contributed by atoms with van der Waals surface area (Å²) in [5.74, 6) is 0.553. The molecule has 24 heavy (non-hydrogen) atoms. The summed E-state index contributed by atoms with van der Waals surface area (Å²) in [5, 5.41) is 4.25. The fourth-order valence-corrected chi connectivity index (χ4v) is 4.25. The smallest absolute Gasteiger partial charge is 0.225 e. The summed E-state index contributed by atoms with van der Waals surface area (Å²) >= 11 is 0. The highest BCUT2D eigenvalue weighted by Crippen LogP contribution is 2.34. The Morgan fingerprint density at radius 1 is 1.00 bits per heavy atom. The van der Waals surface area contributed by atoms with Crippen molar-refractivity contribution in [3.63, 3.8) is 0 Å². The number of likely N-dealkylation sites (tertiary alicyclic amines) is 1.